The van der Waals surface area contributed by atoms with Crippen molar-refractivity contribution in [3.8, 4) is 0 Å². The van der Waals surface area contributed by atoms with E-state index in [-0.39, 0.29) is 6.54 Å². The Bertz CT molecular complexity index is 886. The summed E-state index contributed by atoms with van der Waals surface area (Å²) in [6, 6.07) is 13.8. The van der Waals surface area contributed by atoms with Crippen molar-refractivity contribution < 1.29 is 13.2 Å². The summed E-state index contributed by atoms with van der Waals surface area (Å²) in [6.45, 7) is -0.376. The van der Waals surface area contributed by atoms with Crippen LogP contribution in [0.1, 0.15) is 5.56 Å². The summed E-state index contributed by atoms with van der Waals surface area (Å²) in [5.74, 6) is -0.563. The van der Waals surface area contributed by atoms with E-state index in [1.54, 1.807) is 48.5 Å². The first-order valence-electron chi connectivity index (χ1n) is 7.07. The third kappa shape index (κ3) is 5.98. The molecule has 0 aromatic heterocycles. The molecule has 6 nitrogen and oxygen atoms in total. The number of halogens is 2. The molecule has 132 valence electrons. The van der Waals surface area contributed by atoms with Gasteiger partial charge in [-0.3, -0.25) is 9.10 Å². The van der Waals surface area contributed by atoms with Gasteiger partial charge in [0.2, 0.25) is 10.0 Å². The lowest BCUT2D eigenvalue weighted by Crippen LogP contribution is -2.39. The molecule has 0 unspecified atom stereocenters. The number of hydrogen-bond acceptors (Lipinski definition) is 4. The second kappa shape index (κ2) is 8.63. The smallest absolute Gasteiger partial charge is 0.260 e. The van der Waals surface area contributed by atoms with Crippen LogP contribution in [0.15, 0.2) is 53.6 Å². The lowest BCUT2D eigenvalue weighted by Gasteiger charge is -2.21. The molecule has 2 aromatic carbocycles. The predicted octanol–water partition coefficient (Wildman–Crippen LogP) is 2.86. The Morgan fingerprint density at radius 3 is 2.48 bits per heavy atom. The van der Waals surface area contributed by atoms with Crippen LogP contribution in [-0.2, 0) is 14.8 Å². The van der Waals surface area contributed by atoms with Crippen molar-refractivity contribution in [2.75, 3.05) is 17.1 Å². The van der Waals surface area contributed by atoms with Gasteiger partial charge >= 0.3 is 0 Å². The van der Waals surface area contributed by atoms with Gasteiger partial charge in [-0.1, -0.05) is 29.8 Å². The average Bonchev–Trinajstić information content (AvgIpc) is 2.54. The van der Waals surface area contributed by atoms with Crippen LogP contribution < -0.4 is 9.73 Å². The Morgan fingerprint density at radius 2 is 1.88 bits per heavy atom. The Hall–Kier alpha value is -1.65. The van der Waals surface area contributed by atoms with Crippen molar-refractivity contribution in [3.05, 3.63) is 62.7 Å². The summed E-state index contributed by atoms with van der Waals surface area (Å²) in [6.07, 6.45) is 2.45. The number of amides is 1. The third-order valence-electron chi connectivity index (χ3n) is 3.10. The van der Waals surface area contributed by atoms with Gasteiger partial charge < -0.3 is 0 Å². The molecular formula is C16H15ClIN3O3S. The van der Waals surface area contributed by atoms with E-state index in [1.807, 2.05) is 0 Å². The van der Waals surface area contributed by atoms with E-state index in [2.05, 4.69) is 33.1 Å². The zero-order valence-electron chi connectivity index (χ0n) is 13.2. The number of rotatable bonds is 6. The molecule has 0 saturated carbocycles. The first-order chi connectivity index (χ1) is 11.8. The summed E-state index contributed by atoms with van der Waals surface area (Å²) in [5.41, 5.74) is 3.36. The molecule has 0 aliphatic carbocycles. The van der Waals surface area contributed by atoms with Gasteiger partial charge in [-0.2, -0.15) is 5.10 Å². The van der Waals surface area contributed by atoms with Gasteiger partial charge in [0.05, 0.1) is 18.2 Å². The van der Waals surface area contributed by atoms with Gasteiger partial charge in [-0.15, -0.1) is 0 Å². The summed E-state index contributed by atoms with van der Waals surface area (Å²) in [4.78, 5) is 12.1. The number of nitrogens with one attached hydrogen (secondary N) is 1. The summed E-state index contributed by atoms with van der Waals surface area (Å²) < 4.78 is 25.9. The number of sulfonamides is 1. The van der Waals surface area contributed by atoms with Crippen molar-refractivity contribution in [1.29, 1.82) is 0 Å². The molecule has 1 amide bonds. The van der Waals surface area contributed by atoms with E-state index in [9.17, 15) is 13.2 Å². The largest absolute Gasteiger partial charge is 0.271 e. The van der Waals surface area contributed by atoms with Crippen LogP contribution in [0.25, 0.3) is 0 Å². The zero-order valence-corrected chi connectivity index (χ0v) is 16.9. The average molecular weight is 492 g/mol. The van der Waals surface area contributed by atoms with Gasteiger partial charge in [0.25, 0.3) is 5.91 Å². The van der Waals surface area contributed by atoms with E-state index in [0.29, 0.717) is 16.3 Å². The van der Waals surface area contributed by atoms with Crippen LogP contribution in [0, 0.1) is 3.57 Å². The molecule has 0 aliphatic rings. The summed E-state index contributed by atoms with van der Waals surface area (Å²) >= 11 is 8.10. The highest BCUT2D eigenvalue weighted by molar-refractivity contribution is 14.1. The van der Waals surface area contributed by atoms with Crippen LogP contribution in [0.4, 0.5) is 5.69 Å². The molecule has 0 spiro atoms. The Morgan fingerprint density at radius 1 is 1.24 bits per heavy atom. The number of carbonyl (C=O) groups excluding carboxylic acids is 1. The van der Waals surface area contributed by atoms with Crippen LogP contribution in [-0.4, -0.2) is 33.3 Å². The maximum atomic E-state index is 12.1. The second-order valence-electron chi connectivity index (χ2n) is 5.06. The first-order valence-corrected chi connectivity index (χ1v) is 10.4. The van der Waals surface area contributed by atoms with Crippen molar-refractivity contribution in [1.82, 2.24) is 5.43 Å². The SMILES string of the molecule is CS(=O)(=O)N(CC(=O)N/N=C\c1ccccc1Cl)c1ccc(I)cc1. The van der Waals surface area contributed by atoms with Crippen LogP contribution >= 0.6 is 34.2 Å². The number of carbonyl (C=O) groups is 1. The molecule has 0 fully saturated rings. The van der Waals surface area contributed by atoms with E-state index in [0.717, 1.165) is 14.1 Å². The maximum absolute atomic E-state index is 12.1. The molecule has 2 rings (SSSR count). The van der Waals surface area contributed by atoms with Crippen LogP contribution in [0.3, 0.4) is 0 Å². The minimum atomic E-state index is -3.61. The highest BCUT2D eigenvalue weighted by Gasteiger charge is 2.20. The summed E-state index contributed by atoms with van der Waals surface area (Å²) in [5, 5.41) is 4.31. The van der Waals surface area contributed by atoms with E-state index >= 15 is 0 Å². The number of nitrogens with zero attached hydrogens (tertiary/aromatic N) is 2. The fraction of sp³-hybridized carbons (Fsp3) is 0.125. The molecular weight excluding hydrogens is 477 g/mol. The zero-order chi connectivity index (χ0) is 18.4. The molecule has 0 heterocycles. The molecule has 0 bridgehead atoms. The first kappa shape index (κ1) is 19.7. The molecule has 2 aromatic rings. The van der Waals surface area contributed by atoms with E-state index in [1.165, 1.54) is 6.21 Å². The van der Waals surface area contributed by atoms with Gasteiger partial charge in [0.15, 0.2) is 0 Å². The number of anilines is 1. The molecule has 0 radical (unpaired) electrons. The highest BCUT2D eigenvalue weighted by atomic mass is 127. The van der Waals surface area contributed by atoms with Gasteiger partial charge in [0.1, 0.15) is 6.54 Å². The van der Waals surface area contributed by atoms with Crippen molar-refractivity contribution >= 4 is 62.0 Å². The van der Waals surface area contributed by atoms with E-state index in [4.69, 9.17) is 11.6 Å². The van der Waals surface area contributed by atoms with Gasteiger partial charge in [-0.05, 0) is 52.9 Å². The fourth-order valence-corrected chi connectivity index (χ4v) is 3.33. The maximum Gasteiger partial charge on any atom is 0.260 e. The number of benzene rings is 2. The quantitative estimate of drug-likeness (QED) is 0.383. The second-order valence-corrected chi connectivity index (χ2v) is 8.62. The minimum Gasteiger partial charge on any atom is -0.271 e. The normalized spacial score (nSPS) is 11.5. The predicted molar refractivity (Wildman–Crippen MR) is 109 cm³/mol. The van der Waals surface area contributed by atoms with Crippen LogP contribution in [0.5, 0.6) is 0 Å². The van der Waals surface area contributed by atoms with Crippen molar-refractivity contribution in [3.63, 3.8) is 0 Å². The van der Waals surface area contributed by atoms with Crippen LogP contribution in [0.2, 0.25) is 5.02 Å². The Balaban J connectivity index is 2.07. The van der Waals surface area contributed by atoms with E-state index < -0.39 is 15.9 Å². The highest BCUT2D eigenvalue weighted by Crippen LogP contribution is 2.18. The fourth-order valence-electron chi connectivity index (χ4n) is 1.93. The Kier molecular flexibility index (Phi) is 6.79. The summed E-state index contributed by atoms with van der Waals surface area (Å²) in [7, 11) is -3.61. The van der Waals surface area contributed by atoms with Gasteiger partial charge in [0, 0.05) is 14.2 Å². The monoisotopic (exact) mass is 491 g/mol. The lowest BCUT2D eigenvalue weighted by atomic mass is 10.2. The molecule has 0 aliphatic heterocycles. The molecule has 0 atom stereocenters. The molecule has 25 heavy (non-hydrogen) atoms. The minimum absolute atomic E-state index is 0.376. The van der Waals surface area contributed by atoms with Gasteiger partial charge in [-0.25, -0.2) is 13.8 Å². The van der Waals surface area contributed by atoms with Crippen molar-refractivity contribution in [2.24, 2.45) is 5.10 Å². The third-order valence-corrected chi connectivity index (χ3v) is 5.30. The lowest BCUT2D eigenvalue weighted by molar-refractivity contribution is -0.119. The molecule has 0 saturated heterocycles. The molecule has 1 N–H and O–H groups in total. The number of hydrogen-bond donors (Lipinski definition) is 1. The standard InChI is InChI=1S/C16H15ClIN3O3S/c1-25(23,24)21(14-8-6-13(18)7-9-14)11-16(22)20-19-10-12-4-2-3-5-15(12)17/h2-10H,11H2,1H3,(H,20,22)/b19-10-. The topological polar surface area (TPSA) is 78.8 Å². The Labute approximate surface area is 165 Å². The number of hydrazone groups is 1. The van der Waals surface area contributed by atoms with Crippen molar-refractivity contribution in [2.45, 2.75) is 0 Å². The molecule has 9 heteroatoms.